The van der Waals surface area contributed by atoms with E-state index >= 15 is 0 Å². The lowest BCUT2D eigenvalue weighted by atomic mass is 9.90. The number of ketones is 1. The van der Waals surface area contributed by atoms with E-state index in [1.165, 1.54) is 0 Å². The second kappa shape index (κ2) is 12.9. The molecule has 1 spiro atoms. The number of imidazole rings is 1. The number of hydrogen-bond acceptors (Lipinski definition) is 5. The SMILES string of the molecule is CCC(=O)CCCCC[C@H](NC(=O)[C@H]1CC12CCN(CC)CC2)c1ncc(-c2ccc3c(=O)n(C(C)C)ccc3c2)[nH]1. The van der Waals surface area contributed by atoms with Crippen molar-refractivity contribution in [2.24, 2.45) is 11.3 Å². The number of amides is 1. The highest BCUT2D eigenvalue weighted by molar-refractivity contribution is 5.86. The monoisotopic (exact) mass is 573 g/mol. The number of hydrogen-bond donors (Lipinski definition) is 2. The highest BCUT2D eigenvalue weighted by Gasteiger charge is 2.58. The fourth-order valence-electron chi connectivity index (χ4n) is 6.66. The van der Waals surface area contributed by atoms with E-state index in [1.807, 2.05) is 57.4 Å². The first-order valence-electron chi connectivity index (χ1n) is 16.0. The minimum Gasteiger partial charge on any atom is -0.346 e. The molecule has 3 heterocycles. The summed E-state index contributed by atoms with van der Waals surface area (Å²) in [5.41, 5.74) is 2.01. The first-order chi connectivity index (χ1) is 20.2. The molecule has 1 aliphatic heterocycles. The number of benzene rings is 1. The highest BCUT2D eigenvalue weighted by Crippen LogP contribution is 2.59. The Morgan fingerprint density at radius 1 is 1.12 bits per heavy atom. The summed E-state index contributed by atoms with van der Waals surface area (Å²) in [5.74, 6) is 1.30. The number of pyridine rings is 1. The number of aromatic nitrogens is 3. The summed E-state index contributed by atoms with van der Waals surface area (Å²) in [7, 11) is 0. The topological polar surface area (TPSA) is 100 Å². The van der Waals surface area contributed by atoms with Crippen LogP contribution in [0.15, 0.2) is 41.5 Å². The van der Waals surface area contributed by atoms with E-state index in [1.54, 1.807) is 4.57 Å². The van der Waals surface area contributed by atoms with Crippen molar-refractivity contribution in [2.75, 3.05) is 19.6 Å². The van der Waals surface area contributed by atoms with Crippen LogP contribution in [0.25, 0.3) is 22.0 Å². The van der Waals surface area contributed by atoms with Crippen molar-refractivity contribution in [1.29, 1.82) is 0 Å². The smallest absolute Gasteiger partial charge is 0.258 e. The minimum atomic E-state index is -0.208. The van der Waals surface area contributed by atoms with Crippen molar-refractivity contribution >= 4 is 22.5 Å². The molecule has 0 unspecified atom stereocenters. The molecule has 2 fully saturated rings. The molecule has 0 radical (unpaired) electrons. The molecule has 8 heteroatoms. The standard InChI is InChI=1S/C34H47N5O3/c1-5-26(40)10-8-7-9-11-29(37-32(41)28-21-34(28)15-18-38(6-2)19-16-34)31-35-22-30(36-31)25-12-13-27-24(20-25)14-17-39(23(3)4)33(27)42/h12-14,17,20,22-23,28-29H,5-11,15-16,18-19,21H2,1-4H3,(H,35,36)(H,37,41)/t28-,29+/m1/s1. The number of aromatic amines is 1. The Morgan fingerprint density at radius 2 is 1.90 bits per heavy atom. The van der Waals surface area contributed by atoms with Crippen molar-refractivity contribution in [3.05, 3.63) is 52.8 Å². The minimum absolute atomic E-state index is 0.0148. The molecule has 1 aliphatic carbocycles. The summed E-state index contributed by atoms with van der Waals surface area (Å²) < 4.78 is 1.75. The largest absolute Gasteiger partial charge is 0.346 e. The van der Waals surface area contributed by atoms with E-state index in [2.05, 4.69) is 22.1 Å². The van der Waals surface area contributed by atoms with Gasteiger partial charge in [0, 0.05) is 41.9 Å². The van der Waals surface area contributed by atoms with Gasteiger partial charge in [-0.1, -0.05) is 32.8 Å². The molecule has 1 saturated carbocycles. The lowest BCUT2D eigenvalue weighted by molar-refractivity contribution is -0.124. The van der Waals surface area contributed by atoms with Crippen LogP contribution >= 0.6 is 0 Å². The molecule has 3 aromatic rings. The average Bonchev–Trinajstić information content (AvgIpc) is 3.46. The summed E-state index contributed by atoms with van der Waals surface area (Å²) in [6.07, 6.45) is 11.6. The molecule has 1 aromatic carbocycles. The first-order valence-corrected chi connectivity index (χ1v) is 16.0. The number of unbranched alkanes of at least 4 members (excludes halogenated alkanes) is 2. The van der Waals surface area contributed by atoms with Crippen molar-refractivity contribution in [3.63, 3.8) is 0 Å². The molecule has 2 N–H and O–H groups in total. The maximum atomic E-state index is 13.5. The van der Waals surface area contributed by atoms with Gasteiger partial charge in [-0.2, -0.15) is 0 Å². The number of carbonyl (C=O) groups is 2. The third kappa shape index (κ3) is 6.54. The number of Topliss-reactive ketones (excluding diaryl/α,β-unsaturated/α-hetero) is 1. The second-order valence-electron chi connectivity index (χ2n) is 12.7. The quantitative estimate of drug-likeness (QED) is 0.238. The molecule has 1 amide bonds. The summed E-state index contributed by atoms with van der Waals surface area (Å²) in [6.45, 7) is 11.4. The van der Waals surface area contributed by atoms with Gasteiger partial charge in [0.15, 0.2) is 0 Å². The van der Waals surface area contributed by atoms with Crippen LogP contribution in [0.1, 0.15) is 103 Å². The Balaban J connectivity index is 1.30. The Labute approximate surface area is 249 Å². The molecule has 2 aromatic heterocycles. The predicted molar refractivity (Wildman–Crippen MR) is 167 cm³/mol. The van der Waals surface area contributed by atoms with Crippen molar-refractivity contribution in [1.82, 2.24) is 24.8 Å². The third-order valence-corrected chi connectivity index (χ3v) is 9.69. The van der Waals surface area contributed by atoms with Crippen molar-refractivity contribution in [2.45, 2.75) is 97.6 Å². The van der Waals surface area contributed by atoms with Gasteiger partial charge in [-0.25, -0.2) is 4.98 Å². The number of nitrogens with one attached hydrogen (secondary N) is 2. The first kappa shape index (κ1) is 30.2. The van der Waals surface area contributed by atoms with E-state index < -0.39 is 0 Å². The molecule has 1 saturated heterocycles. The van der Waals surface area contributed by atoms with Crippen LogP contribution < -0.4 is 10.9 Å². The van der Waals surface area contributed by atoms with Gasteiger partial charge in [0.2, 0.25) is 5.91 Å². The fraction of sp³-hybridized carbons (Fsp3) is 0.588. The fourth-order valence-corrected chi connectivity index (χ4v) is 6.66. The van der Waals surface area contributed by atoms with Crippen LogP contribution in [0.4, 0.5) is 0 Å². The number of rotatable bonds is 13. The van der Waals surface area contributed by atoms with Gasteiger partial charge in [-0.05, 0) is 94.6 Å². The zero-order valence-corrected chi connectivity index (χ0v) is 25.7. The summed E-state index contributed by atoms with van der Waals surface area (Å²) in [6, 6.07) is 7.75. The Kier molecular flexibility index (Phi) is 9.31. The molecule has 0 bridgehead atoms. The lowest BCUT2D eigenvalue weighted by Crippen LogP contribution is -2.37. The molecule has 42 heavy (non-hydrogen) atoms. The van der Waals surface area contributed by atoms with Gasteiger partial charge in [-0.15, -0.1) is 0 Å². The molecule has 2 aliphatic rings. The molecular formula is C34H47N5O3. The average molecular weight is 574 g/mol. The highest BCUT2D eigenvalue weighted by atomic mass is 16.2. The van der Waals surface area contributed by atoms with Crippen LogP contribution in [-0.2, 0) is 9.59 Å². The van der Waals surface area contributed by atoms with Gasteiger partial charge in [0.1, 0.15) is 11.6 Å². The van der Waals surface area contributed by atoms with E-state index in [-0.39, 0.29) is 34.9 Å². The number of nitrogens with zero attached hydrogens (tertiary/aromatic N) is 3. The van der Waals surface area contributed by atoms with E-state index in [0.717, 1.165) is 87.0 Å². The number of carbonyl (C=O) groups excluding carboxylic acids is 2. The third-order valence-electron chi connectivity index (χ3n) is 9.69. The summed E-state index contributed by atoms with van der Waals surface area (Å²) in [4.78, 5) is 48.8. The van der Waals surface area contributed by atoms with Crippen LogP contribution in [-0.4, -0.2) is 50.8 Å². The van der Waals surface area contributed by atoms with E-state index in [9.17, 15) is 14.4 Å². The Morgan fingerprint density at radius 3 is 2.62 bits per heavy atom. The summed E-state index contributed by atoms with van der Waals surface area (Å²) in [5, 5.41) is 4.96. The lowest BCUT2D eigenvalue weighted by Gasteiger charge is -2.32. The van der Waals surface area contributed by atoms with Crippen molar-refractivity contribution in [3.8, 4) is 11.3 Å². The van der Waals surface area contributed by atoms with Gasteiger partial charge in [-0.3, -0.25) is 14.4 Å². The number of fused-ring (bicyclic) bond motifs is 1. The predicted octanol–water partition coefficient (Wildman–Crippen LogP) is 6.18. The number of H-pyrrole nitrogens is 1. The Hall–Kier alpha value is -3.26. The van der Waals surface area contributed by atoms with Gasteiger partial charge in [0.05, 0.1) is 17.9 Å². The molecular weight excluding hydrogens is 526 g/mol. The maximum absolute atomic E-state index is 13.5. The molecule has 2 atom stereocenters. The number of likely N-dealkylation sites (tertiary alicyclic amines) is 1. The van der Waals surface area contributed by atoms with E-state index in [0.29, 0.717) is 24.0 Å². The zero-order valence-electron chi connectivity index (χ0n) is 25.7. The number of piperidine rings is 1. The molecule has 5 rings (SSSR count). The van der Waals surface area contributed by atoms with Gasteiger partial charge >= 0.3 is 0 Å². The zero-order chi connectivity index (χ0) is 29.9. The van der Waals surface area contributed by atoms with Crippen LogP contribution in [0.5, 0.6) is 0 Å². The molecule has 8 nitrogen and oxygen atoms in total. The van der Waals surface area contributed by atoms with Crippen LogP contribution in [0.3, 0.4) is 0 Å². The van der Waals surface area contributed by atoms with Crippen molar-refractivity contribution < 1.29 is 9.59 Å². The second-order valence-corrected chi connectivity index (χ2v) is 12.7. The normalized spacial score (nSPS) is 18.9. The van der Waals surface area contributed by atoms with E-state index in [4.69, 9.17) is 4.98 Å². The molecule has 226 valence electrons. The maximum Gasteiger partial charge on any atom is 0.258 e. The van der Waals surface area contributed by atoms with Gasteiger partial charge in [0.25, 0.3) is 5.56 Å². The van der Waals surface area contributed by atoms with Crippen LogP contribution in [0, 0.1) is 11.3 Å². The van der Waals surface area contributed by atoms with Crippen LogP contribution in [0.2, 0.25) is 0 Å². The summed E-state index contributed by atoms with van der Waals surface area (Å²) >= 11 is 0. The Bertz CT molecular complexity index is 1460. The van der Waals surface area contributed by atoms with Gasteiger partial charge < -0.3 is 19.8 Å².